The lowest BCUT2D eigenvalue weighted by molar-refractivity contribution is -0.120. The topological polar surface area (TPSA) is 29.1 Å². The Morgan fingerprint density at radius 2 is 2.18 bits per heavy atom. The third kappa shape index (κ3) is 6.46. The van der Waals surface area contributed by atoms with Crippen molar-refractivity contribution >= 4 is 15.2 Å². The first-order chi connectivity index (χ1) is 5.18. The smallest absolute Gasteiger partial charge is 0.132 e. The van der Waals surface area contributed by atoms with E-state index in [0.29, 0.717) is 5.78 Å². The van der Waals surface area contributed by atoms with E-state index in [1.54, 1.807) is 6.92 Å². The third-order valence-electron chi connectivity index (χ3n) is 1.90. The monoisotopic (exact) mass is 175 g/mol. The standard InChI is InChI=1S/C8H18NOP/c1-7(8(2)10)5-3-4-6-9-11/h7,9H,3-6,11H2,1-2H3. The molecule has 3 heteroatoms. The second-order valence-electron chi connectivity index (χ2n) is 2.96. The number of carbonyl (C=O) groups is 1. The van der Waals surface area contributed by atoms with Gasteiger partial charge < -0.3 is 5.09 Å². The zero-order valence-corrected chi connectivity index (χ0v) is 8.55. The summed E-state index contributed by atoms with van der Waals surface area (Å²) in [5.74, 6) is 0.559. The number of nitrogens with one attached hydrogen (secondary N) is 1. The summed E-state index contributed by atoms with van der Waals surface area (Å²) in [7, 11) is 2.48. The molecule has 0 aromatic heterocycles. The molecule has 0 bridgehead atoms. The molecule has 0 rings (SSSR count). The van der Waals surface area contributed by atoms with E-state index in [1.165, 1.54) is 0 Å². The second-order valence-corrected chi connectivity index (χ2v) is 3.37. The molecule has 1 N–H and O–H groups in total. The van der Waals surface area contributed by atoms with Gasteiger partial charge in [-0.1, -0.05) is 22.7 Å². The largest absolute Gasteiger partial charge is 0.301 e. The Kier molecular flexibility index (Phi) is 6.79. The average molecular weight is 175 g/mol. The van der Waals surface area contributed by atoms with Crippen LogP contribution in [-0.4, -0.2) is 12.3 Å². The molecule has 0 radical (unpaired) electrons. The number of Topliss-reactive ketones (excluding diaryl/α,β-unsaturated/α-hetero) is 1. The van der Waals surface area contributed by atoms with E-state index in [2.05, 4.69) is 14.5 Å². The normalized spacial score (nSPS) is 13.0. The van der Waals surface area contributed by atoms with Crippen molar-refractivity contribution in [2.24, 2.45) is 5.92 Å². The molecule has 0 heterocycles. The highest BCUT2D eigenvalue weighted by molar-refractivity contribution is 7.13. The highest BCUT2D eigenvalue weighted by Gasteiger charge is 2.05. The molecule has 0 aliphatic rings. The summed E-state index contributed by atoms with van der Waals surface area (Å²) in [5.41, 5.74) is 0. The van der Waals surface area contributed by atoms with Crippen LogP contribution in [0.1, 0.15) is 33.1 Å². The van der Waals surface area contributed by atoms with Crippen molar-refractivity contribution in [3.05, 3.63) is 0 Å². The third-order valence-corrected chi connectivity index (χ3v) is 2.19. The van der Waals surface area contributed by atoms with Gasteiger partial charge in [-0.3, -0.25) is 4.79 Å². The van der Waals surface area contributed by atoms with Gasteiger partial charge in [0, 0.05) is 5.92 Å². The number of carbonyl (C=O) groups excluding carboxylic acids is 1. The Hall–Kier alpha value is 0.0600. The van der Waals surface area contributed by atoms with Crippen molar-refractivity contribution in [1.82, 2.24) is 5.09 Å². The number of hydrogen-bond acceptors (Lipinski definition) is 2. The molecular weight excluding hydrogens is 157 g/mol. The Morgan fingerprint density at radius 1 is 1.55 bits per heavy atom. The number of rotatable bonds is 6. The molecule has 0 aromatic carbocycles. The maximum atomic E-state index is 10.8. The van der Waals surface area contributed by atoms with Crippen LogP contribution < -0.4 is 5.09 Å². The lowest BCUT2D eigenvalue weighted by Crippen LogP contribution is -2.07. The van der Waals surface area contributed by atoms with E-state index in [1.807, 2.05) is 6.92 Å². The lowest BCUT2D eigenvalue weighted by Gasteiger charge is -2.05. The van der Waals surface area contributed by atoms with Crippen LogP contribution in [0.3, 0.4) is 0 Å². The maximum Gasteiger partial charge on any atom is 0.132 e. The molecular formula is C8H18NOP. The summed E-state index contributed by atoms with van der Waals surface area (Å²) < 4.78 is 0. The van der Waals surface area contributed by atoms with Crippen LogP contribution in [0.25, 0.3) is 0 Å². The minimum absolute atomic E-state index is 0.250. The fraction of sp³-hybridized carbons (Fsp3) is 0.875. The minimum atomic E-state index is 0.250. The van der Waals surface area contributed by atoms with Crippen molar-refractivity contribution in [3.63, 3.8) is 0 Å². The molecule has 66 valence electrons. The Bertz CT molecular complexity index is 117. The number of hydrogen-bond donors (Lipinski definition) is 1. The first-order valence-electron chi connectivity index (χ1n) is 4.12. The van der Waals surface area contributed by atoms with E-state index < -0.39 is 0 Å². The predicted octanol–water partition coefficient (Wildman–Crippen LogP) is 1.76. The van der Waals surface area contributed by atoms with E-state index in [4.69, 9.17) is 0 Å². The van der Waals surface area contributed by atoms with Crippen LogP contribution >= 0.6 is 9.39 Å². The molecule has 0 saturated carbocycles. The van der Waals surface area contributed by atoms with Gasteiger partial charge in [0.2, 0.25) is 0 Å². The van der Waals surface area contributed by atoms with Crippen LogP contribution in [0, 0.1) is 5.92 Å². The van der Waals surface area contributed by atoms with Crippen molar-refractivity contribution in [1.29, 1.82) is 0 Å². The van der Waals surface area contributed by atoms with E-state index in [-0.39, 0.29) is 5.92 Å². The van der Waals surface area contributed by atoms with Gasteiger partial charge >= 0.3 is 0 Å². The molecule has 0 fully saturated rings. The molecule has 0 spiro atoms. The molecule has 0 aliphatic carbocycles. The molecule has 0 saturated heterocycles. The SMILES string of the molecule is CC(=O)C(C)CCCCNP. The summed E-state index contributed by atoms with van der Waals surface area (Å²) >= 11 is 0. The van der Waals surface area contributed by atoms with Crippen LogP contribution in [-0.2, 0) is 4.79 Å². The van der Waals surface area contributed by atoms with Gasteiger partial charge in [0.1, 0.15) is 5.78 Å². The lowest BCUT2D eigenvalue weighted by atomic mass is 10.0. The van der Waals surface area contributed by atoms with Crippen LogP contribution in [0.2, 0.25) is 0 Å². The van der Waals surface area contributed by atoms with Crippen molar-refractivity contribution in [2.75, 3.05) is 6.54 Å². The maximum absolute atomic E-state index is 10.8. The van der Waals surface area contributed by atoms with Gasteiger partial charge in [-0.25, -0.2) is 0 Å². The highest BCUT2D eigenvalue weighted by Crippen LogP contribution is 2.07. The molecule has 2 atom stereocenters. The van der Waals surface area contributed by atoms with E-state index >= 15 is 0 Å². The fourth-order valence-electron chi connectivity index (χ4n) is 0.881. The van der Waals surface area contributed by atoms with Crippen LogP contribution in [0.5, 0.6) is 0 Å². The zero-order chi connectivity index (χ0) is 8.69. The first kappa shape index (κ1) is 11.1. The fourth-order valence-corrected chi connectivity index (χ4v) is 1.08. The van der Waals surface area contributed by atoms with Crippen LogP contribution in [0.4, 0.5) is 0 Å². The predicted molar refractivity (Wildman–Crippen MR) is 51.4 cm³/mol. The molecule has 11 heavy (non-hydrogen) atoms. The molecule has 2 unspecified atom stereocenters. The number of ketones is 1. The Balaban J connectivity index is 3.17. The van der Waals surface area contributed by atoms with Crippen LogP contribution in [0.15, 0.2) is 0 Å². The summed E-state index contributed by atoms with van der Waals surface area (Å²) in [4.78, 5) is 10.8. The van der Waals surface area contributed by atoms with Gasteiger partial charge in [0.15, 0.2) is 0 Å². The average Bonchev–Trinajstić information content (AvgIpc) is 1.97. The zero-order valence-electron chi connectivity index (χ0n) is 7.39. The van der Waals surface area contributed by atoms with E-state index in [9.17, 15) is 4.79 Å². The molecule has 0 aromatic rings. The van der Waals surface area contributed by atoms with Gasteiger partial charge in [-0.2, -0.15) is 0 Å². The van der Waals surface area contributed by atoms with Gasteiger partial charge in [0.05, 0.1) is 0 Å². The Labute approximate surface area is 71.4 Å². The Morgan fingerprint density at radius 3 is 2.64 bits per heavy atom. The summed E-state index contributed by atoms with van der Waals surface area (Å²) in [6.07, 6.45) is 3.32. The minimum Gasteiger partial charge on any atom is -0.301 e. The summed E-state index contributed by atoms with van der Waals surface area (Å²) in [6, 6.07) is 0. The molecule has 2 nitrogen and oxygen atoms in total. The van der Waals surface area contributed by atoms with Gasteiger partial charge in [-0.05, 0) is 26.3 Å². The van der Waals surface area contributed by atoms with Gasteiger partial charge in [0.25, 0.3) is 0 Å². The molecule has 0 aliphatic heterocycles. The first-order valence-corrected chi connectivity index (χ1v) is 4.70. The van der Waals surface area contributed by atoms with Crippen molar-refractivity contribution < 1.29 is 4.79 Å². The molecule has 0 amide bonds. The second kappa shape index (κ2) is 6.75. The van der Waals surface area contributed by atoms with Crippen molar-refractivity contribution in [3.8, 4) is 0 Å². The highest BCUT2D eigenvalue weighted by atomic mass is 31.0. The van der Waals surface area contributed by atoms with Crippen molar-refractivity contribution in [2.45, 2.75) is 33.1 Å². The van der Waals surface area contributed by atoms with E-state index in [0.717, 1.165) is 25.8 Å². The number of unbranched alkanes of at least 4 members (excludes halogenated alkanes) is 1. The summed E-state index contributed by atoms with van der Waals surface area (Å²) in [5, 5.41) is 3.00. The van der Waals surface area contributed by atoms with Gasteiger partial charge in [-0.15, -0.1) is 0 Å². The quantitative estimate of drug-likeness (QED) is 0.492. The summed E-state index contributed by atoms with van der Waals surface area (Å²) in [6.45, 7) is 4.68.